The Morgan fingerprint density at radius 1 is 1.11 bits per heavy atom. The largest absolute Gasteiger partial charge is 0.481 e. The molecule has 1 aliphatic carbocycles. The van der Waals surface area contributed by atoms with Gasteiger partial charge in [0, 0.05) is 23.8 Å². The van der Waals surface area contributed by atoms with Crippen molar-refractivity contribution in [2.24, 2.45) is 16.7 Å². The highest BCUT2D eigenvalue weighted by Gasteiger charge is 2.74. The fourth-order valence-corrected chi connectivity index (χ4v) is 4.06. The van der Waals surface area contributed by atoms with Crippen LogP contribution in [0.2, 0.25) is 0 Å². The molecule has 0 saturated heterocycles. The number of carbonyl (C=O) groups is 2. The highest BCUT2D eigenvalue weighted by atomic mass is 16.5. The number of aryl methyl sites for hydroxylation is 1. The molecule has 146 valence electrons. The molecular formula is C22H23NO5. The number of aromatic nitrogens is 1. The normalized spacial score (nSPS) is 22.7. The van der Waals surface area contributed by atoms with Gasteiger partial charge in [0.15, 0.2) is 0 Å². The molecule has 1 aromatic carbocycles. The second-order valence-electron chi connectivity index (χ2n) is 7.56. The van der Waals surface area contributed by atoms with Crippen LogP contribution in [-0.2, 0) is 16.0 Å². The maximum atomic E-state index is 12.1. The van der Waals surface area contributed by atoms with Gasteiger partial charge in [0.1, 0.15) is 5.75 Å². The lowest BCUT2D eigenvalue weighted by Gasteiger charge is -2.15. The number of carboxylic acid groups (broad SMARTS) is 2. The second-order valence-corrected chi connectivity index (χ2v) is 7.56. The molecule has 3 rings (SSSR count). The lowest BCUT2D eigenvalue weighted by atomic mass is 9.90. The Morgan fingerprint density at radius 2 is 1.82 bits per heavy atom. The van der Waals surface area contributed by atoms with E-state index in [1.807, 2.05) is 56.3 Å². The van der Waals surface area contributed by atoms with E-state index in [1.54, 1.807) is 6.07 Å². The van der Waals surface area contributed by atoms with Crippen molar-refractivity contribution in [2.75, 3.05) is 0 Å². The van der Waals surface area contributed by atoms with Gasteiger partial charge in [-0.05, 0) is 36.5 Å². The highest BCUT2D eigenvalue weighted by molar-refractivity contribution is 5.84. The first kappa shape index (κ1) is 19.6. The Labute approximate surface area is 163 Å². The summed E-state index contributed by atoms with van der Waals surface area (Å²) in [5.74, 6) is -1.19. The van der Waals surface area contributed by atoms with Gasteiger partial charge in [-0.25, -0.2) is 9.78 Å². The van der Waals surface area contributed by atoms with Gasteiger partial charge >= 0.3 is 11.9 Å². The quantitative estimate of drug-likeness (QED) is 0.666. The van der Waals surface area contributed by atoms with Crippen molar-refractivity contribution in [3.63, 3.8) is 0 Å². The zero-order valence-corrected chi connectivity index (χ0v) is 15.8. The smallest absolute Gasteiger partial charge is 0.327 e. The summed E-state index contributed by atoms with van der Waals surface area (Å²) < 4.78 is 5.74. The van der Waals surface area contributed by atoms with Gasteiger partial charge in [-0.15, -0.1) is 0 Å². The van der Waals surface area contributed by atoms with E-state index in [9.17, 15) is 14.7 Å². The van der Waals surface area contributed by atoms with Gasteiger partial charge in [0.25, 0.3) is 0 Å². The molecule has 1 heterocycles. The van der Waals surface area contributed by atoms with Crippen LogP contribution in [0.15, 0.2) is 60.7 Å². The SMILES string of the molecule is CC1(C)[C@@H](C=CC(=O)O)[C@@]1(CCc1cccc(Oc2ccccc2)n1)C(=O)O. The number of allylic oxidation sites excluding steroid dienone is 1. The summed E-state index contributed by atoms with van der Waals surface area (Å²) in [6, 6.07) is 14.7. The zero-order valence-electron chi connectivity index (χ0n) is 15.8. The van der Waals surface area contributed by atoms with E-state index in [0.29, 0.717) is 24.5 Å². The Kier molecular flexibility index (Phi) is 5.23. The van der Waals surface area contributed by atoms with Crippen LogP contribution in [0, 0.1) is 16.7 Å². The van der Waals surface area contributed by atoms with Crippen LogP contribution < -0.4 is 4.74 Å². The minimum absolute atomic E-state index is 0.336. The predicted molar refractivity (Wildman–Crippen MR) is 103 cm³/mol. The third-order valence-electron chi connectivity index (χ3n) is 5.71. The van der Waals surface area contributed by atoms with E-state index in [1.165, 1.54) is 6.08 Å². The number of hydrogen-bond acceptors (Lipinski definition) is 4. The number of benzene rings is 1. The van der Waals surface area contributed by atoms with E-state index in [4.69, 9.17) is 9.84 Å². The number of ether oxygens (including phenoxy) is 1. The molecule has 0 unspecified atom stereocenters. The molecule has 28 heavy (non-hydrogen) atoms. The molecule has 6 heteroatoms. The minimum Gasteiger partial charge on any atom is -0.481 e. The van der Waals surface area contributed by atoms with Crippen molar-refractivity contribution in [3.05, 3.63) is 66.4 Å². The van der Waals surface area contributed by atoms with Gasteiger partial charge in [-0.3, -0.25) is 4.79 Å². The van der Waals surface area contributed by atoms with Crippen molar-refractivity contribution in [3.8, 4) is 11.6 Å². The lowest BCUT2D eigenvalue weighted by molar-refractivity contribution is -0.145. The molecular weight excluding hydrogens is 358 g/mol. The lowest BCUT2D eigenvalue weighted by Crippen LogP contribution is -2.22. The Morgan fingerprint density at radius 3 is 2.46 bits per heavy atom. The molecule has 0 bridgehead atoms. The average Bonchev–Trinajstić information content (AvgIpc) is 3.14. The molecule has 0 amide bonds. The van der Waals surface area contributed by atoms with Gasteiger partial charge < -0.3 is 14.9 Å². The number of hydrogen-bond donors (Lipinski definition) is 2. The van der Waals surface area contributed by atoms with Gasteiger partial charge in [-0.2, -0.15) is 0 Å². The number of aliphatic carboxylic acids is 2. The molecule has 2 aromatic rings. The number of nitrogens with zero attached hydrogens (tertiary/aromatic N) is 1. The van der Waals surface area contributed by atoms with Gasteiger partial charge in [0.05, 0.1) is 5.41 Å². The van der Waals surface area contributed by atoms with Crippen molar-refractivity contribution in [1.82, 2.24) is 4.98 Å². The van der Waals surface area contributed by atoms with E-state index < -0.39 is 22.8 Å². The Hall–Kier alpha value is -3.15. The number of rotatable bonds is 8. The molecule has 1 saturated carbocycles. The van der Waals surface area contributed by atoms with Crippen LogP contribution in [0.25, 0.3) is 0 Å². The highest BCUT2D eigenvalue weighted by Crippen LogP contribution is 2.71. The van der Waals surface area contributed by atoms with Crippen molar-refractivity contribution >= 4 is 11.9 Å². The van der Waals surface area contributed by atoms with Crippen LogP contribution in [0.4, 0.5) is 0 Å². The van der Waals surface area contributed by atoms with Gasteiger partial charge in [0.2, 0.25) is 5.88 Å². The van der Waals surface area contributed by atoms with Crippen molar-refractivity contribution < 1.29 is 24.5 Å². The molecule has 2 atom stereocenters. The van der Waals surface area contributed by atoms with Crippen LogP contribution in [0.5, 0.6) is 11.6 Å². The average molecular weight is 381 g/mol. The fraction of sp³-hybridized carbons (Fsp3) is 0.318. The van der Waals surface area contributed by atoms with Crippen LogP contribution in [-0.4, -0.2) is 27.1 Å². The van der Waals surface area contributed by atoms with Crippen LogP contribution in [0.1, 0.15) is 26.0 Å². The third-order valence-corrected chi connectivity index (χ3v) is 5.71. The monoisotopic (exact) mass is 381 g/mol. The third kappa shape index (κ3) is 3.63. The minimum atomic E-state index is -1.07. The summed E-state index contributed by atoms with van der Waals surface area (Å²) in [6.45, 7) is 3.72. The number of pyridine rings is 1. The van der Waals surface area contributed by atoms with E-state index in [-0.39, 0.29) is 5.92 Å². The van der Waals surface area contributed by atoms with Crippen molar-refractivity contribution in [2.45, 2.75) is 26.7 Å². The molecule has 6 nitrogen and oxygen atoms in total. The van der Waals surface area contributed by atoms with E-state index in [0.717, 1.165) is 11.8 Å². The summed E-state index contributed by atoms with van der Waals surface area (Å²) >= 11 is 0. The Bertz CT molecular complexity index is 906. The first-order valence-electron chi connectivity index (χ1n) is 9.11. The molecule has 1 aliphatic rings. The van der Waals surface area contributed by atoms with Gasteiger partial charge in [-0.1, -0.05) is 44.2 Å². The summed E-state index contributed by atoms with van der Waals surface area (Å²) in [7, 11) is 0. The molecule has 0 spiro atoms. The summed E-state index contributed by atoms with van der Waals surface area (Å²) in [5.41, 5.74) is -0.794. The molecule has 2 N–H and O–H groups in total. The zero-order chi connectivity index (χ0) is 20.4. The molecule has 1 aromatic heterocycles. The Balaban J connectivity index is 1.74. The topological polar surface area (TPSA) is 96.7 Å². The second kappa shape index (κ2) is 7.46. The van der Waals surface area contributed by atoms with Crippen LogP contribution in [0.3, 0.4) is 0 Å². The molecule has 1 fully saturated rings. The maximum absolute atomic E-state index is 12.1. The maximum Gasteiger partial charge on any atom is 0.327 e. The first-order valence-corrected chi connectivity index (χ1v) is 9.11. The van der Waals surface area contributed by atoms with Crippen LogP contribution >= 0.6 is 0 Å². The standard InChI is InChI=1S/C22H23NO5/c1-21(2)17(11-12-19(24)25)22(21,20(26)27)14-13-15-7-6-10-18(23-15)28-16-8-4-3-5-9-16/h3-12,17H,13-14H2,1-2H3,(H,24,25)(H,26,27)/t17-,22+/m1/s1. The fourth-order valence-electron chi connectivity index (χ4n) is 4.06. The summed E-state index contributed by atoms with van der Waals surface area (Å²) in [5, 5.41) is 18.7. The molecule has 0 radical (unpaired) electrons. The van der Waals surface area contributed by atoms with E-state index in [2.05, 4.69) is 4.98 Å². The van der Waals surface area contributed by atoms with E-state index >= 15 is 0 Å². The summed E-state index contributed by atoms with van der Waals surface area (Å²) in [6.07, 6.45) is 3.35. The number of carboxylic acids is 2. The predicted octanol–water partition coefficient (Wildman–Crippen LogP) is 4.17. The first-order chi connectivity index (χ1) is 13.3. The summed E-state index contributed by atoms with van der Waals surface area (Å²) in [4.78, 5) is 27.4. The van der Waals surface area contributed by atoms with Crippen molar-refractivity contribution in [1.29, 1.82) is 0 Å². The number of para-hydroxylation sites is 1. The molecule has 0 aliphatic heterocycles.